The summed E-state index contributed by atoms with van der Waals surface area (Å²) in [5, 5.41) is 27.2. The third-order valence-corrected chi connectivity index (χ3v) is 8.55. The lowest BCUT2D eigenvalue weighted by molar-refractivity contribution is -0.137. The maximum Gasteiger partial charge on any atom is 0.242 e. The molecule has 9 nitrogen and oxygen atoms in total. The molecule has 0 saturated heterocycles. The number of hydrogen-bond acceptors (Lipinski definition) is 6. The Bertz CT molecular complexity index is 1130. The summed E-state index contributed by atoms with van der Waals surface area (Å²) in [7, 11) is 3.22. The maximum absolute atomic E-state index is 13.7. The molecule has 4 N–H and O–H groups in total. The maximum atomic E-state index is 13.7. The summed E-state index contributed by atoms with van der Waals surface area (Å²) in [5.41, 5.74) is 0.855. The van der Waals surface area contributed by atoms with Gasteiger partial charge in [-0.2, -0.15) is 0 Å². The number of amides is 3. The van der Waals surface area contributed by atoms with Crippen LogP contribution in [0.4, 0.5) is 4.39 Å². The first-order chi connectivity index (χ1) is 21.6. The second kappa shape index (κ2) is 20.6. The molecule has 3 amide bonds. The van der Waals surface area contributed by atoms with Gasteiger partial charge in [0, 0.05) is 39.4 Å². The zero-order valence-corrected chi connectivity index (χ0v) is 26.8. The molecule has 0 aromatic heterocycles. The van der Waals surface area contributed by atoms with Crippen LogP contribution in [0.5, 0.6) is 0 Å². The van der Waals surface area contributed by atoms with Crippen LogP contribution in [0.3, 0.4) is 0 Å². The van der Waals surface area contributed by atoms with Gasteiger partial charge in [0.25, 0.3) is 0 Å². The van der Waals surface area contributed by atoms with Gasteiger partial charge in [-0.15, -0.1) is 24.7 Å². The molecule has 0 spiro atoms. The lowest BCUT2D eigenvalue weighted by atomic mass is 9.82. The molecule has 0 aliphatic heterocycles. The molecule has 248 valence electrons. The quantitative estimate of drug-likeness (QED) is 0.138. The number of aliphatic hydroxyl groups excluding tert-OH is 2. The number of alkyl halides is 1. The average Bonchev–Trinajstić information content (AvgIpc) is 3.05. The van der Waals surface area contributed by atoms with Gasteiger partial charge in [-0.25, -0.2) is 4.39 Å². The molecule has 5 atom stereocenters. The average molecular weight is 627 g/mol. The monoisotopic (exact) mass is 626 g/mol. The summed E-state index contributed by atoms with van der Waals surface area (Å²) in [6, 6.07) is 7.49. The first-order valence-electron chi connectivity index (χ1n) is 16.0. The van der Waals surface area contributed by atoms with Gasteiger partial charge in [0.1, 0.15) is 18.9 Å². The number of likely N-dealkylation sites (N-methyl/N-ethyl adjacent to an activating group) is 2. The lowest BCUT2D eigenvalue weighted by Gasteiger charge is -2.33. The number of nitrogens with zero attached hydrogens (tertiary/aromatic N) is 2. The van der Waals surface area contributed by atoms with Gasteiger partial charge in [-0.1, -0.05) is 62.4 Å². The van der Waals surface area contributed by atoms with Crippen LogP contribution in [0, 0.1) is 36.5 Å². The fourth-order valence-electron chi connectivity index (χ4n) is 5.67. The normalized spacial score (nSPS) is 16.8. The second-order valence-corrected chi connectivity index (χ2v) is 12.2. The fourth-order valence-corrected chi connectivity index (χ4v) is 5.67. The highest BCUT2D eigenvalue weighted by Gasteiger charge is 2.34. The molecule has 1 aliphatic carbocycles. The molecule has 1 aliphatic rings. The van der Waals surface area contributed by atoms with Crippen molar-refractivity contribution in [3.63, 3.8) is 0 Å². The summed E-state index contributed by atoms with van der Waals surface area (Å²) < 4.78 is 12.9. The van der Waals surface area contributed by atoms with Crippen LogP contribution in [-0.4, -0.2) is 96.0 Å². The van der Waals surface area contributed by atoms with Crippen LogP contribution in [0.25, 0.3) is 0 Å². The molecule has 0 bridgehead atoms. The van der Waals surface area contributed by atoms with E-state index in [9.17, 15) is 29.0 Å². The molecule has 0 unspecified atom stereocenters. The van der Waals surface area contributed by atoms with Gasteiger partial charge < -0.3 is 25.7 Å². The van der Waals surface area contributed by atoms with Crippen molar-refractivity contribution in [1.29, 1.82) is 0 Å². The molecule has 2 rings (SSSR count). The van der Waals surface area contributed by atoms with E-state index in [0.29, 0.717) is 19.5 Å². The molecule has 1 aromatic rings. The molecule has 1 saturated carbocycles. The highest BCUT2D eigenvalue weighted by atomic mass is 19.1. The number of terminal acetylenes is 2. The van der Waals surface area contributed by atoms with E-state index in [1.54, 1.807) is 14.1 Å². The van der Waals surface area contributed by atoms with Crippen molar-refractivity contribution in [2.75, 3.05) is 34.0 Å². The third-order valence-electron chi connectivity index (χ3n) is 8.55. The first kappa shape index (κ1) is 37.7. The van der Waals surface area contributed by atoms with Gasteiger partial charge in [0.2, 0.25) is 17.7 Å². The zero-order chi connectivity index (χ0) is 33.2. The summed E-state index contributed by atoms with van der Waals surface area (Å²) in [5.74, 6) is 3.08. The molecule has 0 heterocycles. The molecule has 10 heteroatoms. The van der Waals surface area contributed by atoms with Crippen molar-refractivity contribution >= 4 is 17.7 Å². The van der Waals surface area contributed by atoms with Crippen molar-refractivity contribution in [3.8, 4) is 24.7 Å². The topological polar surface area (TPSA) is 122 Å². The number of aliphatic hydroxyl groups is 2. The Morgan fingerprint density at radius 3 is 2.31 bits per heavy atom. The minimum Gasteiger partial charge on any atom is -0.389 e. The Balaban J connectivity index is 2.23. The fraction of sp³-hybridized carbons (Fsp3) is 0.629. The highest BCUT2D eigenvalue weighted by molar-refractivity contribution is 5.91. The smallest absolute Gasteiger partial charge is 0.242 e. The molecule has 0 radical (unpaired) electrons. The van der Waals surface area contributed by atoms with Crippen LogP contribution in [0.15, 0.2) is 30.3 Å². The Labute approximate surface area is 268 Å². The molecular formula is C35H51FN4O5. The number of nitrogens with one attached hydrogen (secondary N) is 2. The summed E-state index contributed by atoms with van der Waals surface area (Å²) in [6.07, 6.45) is 14.5. The summed E-state index contributed by atoms with van der Waals surface area (Å²) in [6.45, 7) is -0.00150. The Kier molecular flexibility index (Phi) is 17.2. The largest absolute Gasteiger partial charge is 0.389 e. The highest BCUT2D eigenvalue weighted by Crippen LogP contribution is 2.28. The lowest BCUT2D eigenvalue weighted by Crippen LogP contribution is -2.56. The van der Waals surface area contributed by atoms with Crippen molar-refractivity contribution in [1.82, 2.24) is 20.4 Å². The second-order valence-electron chi connectivity index (χ2n) is 12.2. The predicted molar refractivity (Wildman–Crippen MR) is 173 cm³/mol. The van der Waals surface area contributed by atoms with Crippen LogP contribution < -0.4 is 10.6 Å². The standard InChI is InChI=1S/C35H51FN4O5/c1-5-7-19-29(35(45)38-30(33(43)31(41)14-6-2)23-27-17-12-9-13-18-27)37-34(44)28(22-26-15-10-8-11-16-26)24-32(42)40(4)21-20-39(3)25-36/h1-2,8,10-11,15-16,27-31,33,41,43H,7,9,12-14,17-25H2,3-4H3,(H,37,44)(H,38,45)/t28-,29+,30+,31+,33-/m1/s1. The van der Waals surface area contributed by atoms with Gasteiger partial charge in [0.05, 0.1) is 18.1 Å². The van der Waals surface area contributed by atoms with E-state index in [-0.39, 0.29) is 43.9 Å². The van der Waals surface area contributed by atoms with Crippen LogP contribution in [0.2, 0.25) is 0 Å². The van der Waals surface area contributed by atoms with Crippen molar-refractivity contribution in [2.45, 2.75) is 94.9 Å². The van der Waals surface area contributed by atoms with Crippen molar-refractivity contribution in [3.05, 3.63) is 35.9 Å². The predicted octanol–water partition coefficient (Wildman–Crippen LogP) is 2.65. The van der Waals surface area contributed by atoms with E-state index in [4.69, 9.17) is 12.8 Å². The number of carbonyl (C=O) groups is 3. The summed E-state index contributed by atoms with van der Waals surface area (Å²) >= 11 is 0. The number of benzene rings is 1. The van der Waals surface area contributed by atoms with Gasteiger partial charge >= 0.3 is 0 Å². The van der Waals surface area contributed by atoms with E-state index in [2.05, 4.69) is 22.5 Å². The van der Waals surface area contributed by atoms with Crippen molar-refractivity contribution < 1.29 is 29.0 Å². The van der Waals surface area contributed by atoms with Gasteiger partial charge in [-0.3, -0.25) is 19.3 Å². The number of halogens is 1. The van der Waals surface area contributed by atoms with Gasteiger partial charge in [0.15, 0.2) is 0 Å². The molecule has 1 fully saturated rings. The van der Waals surface area contributed by atoms with Crippen LogP contribution in [0.1, 0.15) is 69.8 Å². The minimum absolute atomic E-state index is 0.0663. The first-order valence-corrected chi connectivity index (χ1v) is 16.0. The van der Waals surface area contributed by atoms with Gasteiger partial charge in [-0.05, 0) is 37.8 Å². The Morgan fingerprint density at radius 1 is 1.00 bits per heavy atom. The number of rotatable bonds is 19. The van der Waals surface area contributed by atoms with E-state index >= 15 is 0 Å². The van der Waals surface area contributed by atoms with E-state index < -0.39 is 48.8 Å². The van der Waals surface area contributed by atoms with Crippen LogP contribution in [-0.2, 0) is 20.8 Å². The molecule has 1 aromatic carbocycles. The number of carbonyl (C=O) groups excluding carboxylic acids is 3. The minimum atomic E-state index is -1.29. The van der Waals surface area contributed by atoms with E-state index in [0.717, 1.165) is 37.7 Å². The zero-order valence-electron chi connectivity index (χ0n) is 26.8. The summed E-state index contributed by atoms with van der Waals surface area (Å²) in [4.78, 5) is 43.5. The third kappa shape index (κ3) is 13.6. The SMILES string of the molecule is C#CCC[C@H](NC(=O)[C@@H](CC(=O)N(C)CCN(C)CF)Cc1ccccc1)C(=O)N[C@@H](CC1CCCCC1)[C@@H](O)[C@@H](O)CC#C. The molecular weight excluding hydrogens is 575 g/mol. The Morgan fingerprint density at radius 2 is 1.69 bits per heavy atom. The number of hydrogen-bond donors (Lipinski definition) is 4. The van der Waals surface area contributed by atoms with E-state index in [1.807, 2.05) is 30.3 Å². The van der Waals surface area contributed by atoms with Crippen molar-refractivity contribution in [2.24, 2.45) is 11.8 Å². The Hall–Kier alpha value is -3.44. The molecule has 45 heavy (non-hydrogen) atoms. The van der Waals surface area contributed by atoms with Crippen LogP contribution >= 0.6 is 0 Å². The van der Waals surface area contributed by atoms with E-state index in [1.165, 1.54) is 9.80 Å².